The Hall–Kier alpha value is -5.67. The molecule has 0 saturated heterocycles. The number of pyridine rings is 2. The van der Waals surface area contributed by atoms with Gasteiger partial charge in [-0.05, 0) is 42.5 Å². The van der Waals surface area contributed by atoms with E-state index >= 15 is 4.39 Å². The molecule has 250 valence electrons. The number of fused-ring (bicyclic) bond motifs is 1. The van der Waals surface area contributed by atoms with Crippen LogP contribution in [-0.4, -0.2) is 63.8 Å². The van der Waals surface area contributed by atoms with Crippen LogP contribution in [0.15, 0.2) is 91.4 Å². The van der Waals surface area contributed by atoms with Gasteiger partial charge in [-0.15, -0.1) is 11.3 Å². The molecule has 1 N–H and O–H groups in total. The van der Waals surface area contributed by atoms with Crippen molar-refractivity contribution in [2.45, 2.75) is 6.18 Å². The molecule has 0 bridgehead atoms. The first-order chi connectivity index (χ1) is 23.5. The fourth-order valence-electron chi connectivity index (χ4n) is 4.87. The molecule has 0 atom stereocenters. The van der Waals surface area contributed by atoms with Crippen molar-refractivity contribution in [3.05, 3.63) is 114 Å². The highest BCUT2D eigenvalue weighted by Crippen LogP contribution is 2.39. The molecular weight excluding hydrogens is 664 g/mol. The van der Waals surface area contributed by atoms with Gasteiger partial charge in [-0.1, -0.05) is 18.2 Å². The average Bonchev–Trinajstić information content (AvgIpc) is 3.75. The molecule has 0 saturated carbocycles. The molecule has 10 nitrogen and oxygen atoms in total. The number of ether oxygens (including phenoxy) is 2. The Balaban J connectivity index is 1.19. The van der Waals surface area contributed by atoms with Crippen LogP contribution in [0.25, 0.3) is 26.5 Å². The second-order valence-electron chi connectivity index (χ2n) is 10.6. The molecule has 4 aromatic heterocycles. The van der Waals surface area contributed by atoms with E-state index in [0.29, 0.717) is 45.1 Å². The van der Waals surface area contributed by atoms with Crippen molar-refractivity contribution < 1.29 is 36.6 Å². The van der Waals surface area contributed by atoms with Crippen LogP contribution in [0.4, 0.5) is 23.2 Å². The van der Waals surface area contributed by atoms with E-state index < -0.39 is 29.2 Å². The maximum atomic E-state index is 15.2. The van der Waals surface area contributed by atoms with E-state index in [1.54, 1.807) is 56.6 Å². The van der Waals surface area contributed by atoms with E-state index in [9.17, 15) is 22.8 Å². The second kappa shape index (κ2) is 13.8. The molecule has 15 heteroatoms. The molecular formula is C34H26F4N6O4S. The quantitative estimate of drug-likeness (QED) is 0.149. The van der Waals surface area contributed by atoms with E-state index in [-0.39, 0.29) is 23.0 Å². The average molecular weight is 691 g/mol. The number of likely N-dealkylation sites (N-methyl/N-ethyl adjacent to an activating group) is 1. The number of methoxy groups -OCH3 is 1. The van der Waals surface area contributed by atoms with Gasteiger partial charge in [0, 0.05) is 50.9 Å². The van der Waals surface area contributed by atoms with Crippen LogP contribution in [0.1, 0.15) is 26.4 Å². The molecule has 6 rings (SSSR count). The third kappa shape index (κ3) is 7.12. The van der Waals surface area contributed by atoms with Gasteiger partial charge in [-0.2, -0.15) is 18.3 Å². The van der Waals surface area contributed by atoms with Crippen LogP contribution < -0.4 is 10.1 Å². The molecule has 2 amide bonds. The fraction of sp³-hybridized carbons (Fsp3) is 0.147. The summed E-state index contributed by atoms with van der Waals surface area (Å²) in [5.41, 5.74) is -0.379. The Morgan fingerprint density at radius 2 is 1.78 bits per heavy atom. The van der Waals surface area contributed by atoms with Crippen molar-refractivity contribution >= 4 is 39.1 Å². The number of hydrogen-bond donors (Lipinski definition) is 1. The van der Waals surface area contributed by atoms with E-state index in [0.717, 1.165) is 17.1 Å². The van der Waals surface area contributed by atoms with Crippen molar-refractivity contribution in [1.29, 1.82) is 0 Å². The predicted molar refractivity (Wildman–Crippen MR) is 175 cm³/mol. The largest absolute Gasteiger partial charge is 0.453 e. The van der Waals surface area contributed by atoms with Crippen molar-refractivity contribution in [3.63, 3.8) is 0 Å². The topological polar surface area (TPSA) is 111 Å². The lowest BCUT2D eigenvalue weighted by Crippen LogP contribution is -2.29. The number of halogens is 4. The highest BCUT2D eigenvalue weighted by Gasteiger charge is 2.40. The number of carbonyl (C=O) groups is 2. The molecule has 4 heterocycles. The van der Waals surface area contributed by atoms with Crippen molar-refractivity contribution in [1.82, 2.24) is 24.6 Å². The molecule has 0 aliphatic rings. The lowest BCUT2D eigenvalue weighted by atomic mass is 10.2. The van der Waals surface area contributed by atoms with E-state index in [4.69, 9.17) is 9.47 Å². The lowest BCUT2D eigenvalue weighted by Gasteiger charge is -2.16. The first-order valence-electron chi connectivity index (χ1n) is 14.6. The van der Waals surface area contributed by atoms with Gasteiger partial charge in [-0.3, -0.25) is 19.6 Å². The molecule has 0 aliphatic carbocycles. The van der Waals surface area contributed by atoms with Gasteiger partial charge in [0.1, 0.15) is 5.75 Å². The summed E-state index contributed by atoms with van der Waals surface area (Å²) in [6, 6.07) is 17.8. The third-order valence-corrected chi connectivity index (χ3v) is 8.47. The number of para-hydroxylation sites is 1. The Kier molecular flexibility index (Phi) is 9.38. The standard InChI is InChI=1S/C34H26F4N6O4S/c1-43(14-15-47-2)33(46)20-8-10-25(40-18-20)29-17-26-30(49-29)28(12-13-39-26)48-27-11-9-21(16-24(27)35)42-32(45)23-19-41-44(31(23)34(36,37)38)22-6-4-3-5-7-22/h3-13,16-19H,14-15H2,1-2H3,(H,42,45). The Morgan fingerprint density at radius 1 is 0.980 bits per heavy atom. The number of anilines is 1. The van der Waals surface area contributed by atoms with Gasteiger partial charge < -0.3 is 19.7 Å². The minimum Gasteiger partial charge on any atom is -0.453 e. The van der Waals surface area contributed by atoms with E-state index in [1.807, 2.05) is 0 Å². The van der Waals surface area contributed by atoms with Crippen molar-refractivity contribution in [3.8, 4) is 27.8 Å². The number of benzene rings is 2. The zero-order chi connectivity index (χ0) is 34.7. The normalized spacial score (nSPS) is 11.5. The van der Waals surface area contributed by atoms with Crippen LogP contribution in [0.2, 0.25) is 0 Å². The highest BCUT2D eigenvalue weighted by atomic mass is 32.1. The summed E-state index contributed by atoms with van der Waals surface area (Å²) in [7, 11) is 3.24. The van der Waals surface area contributed by atoms with Crippen LogP contribution in [-0.2, 0) is 10.9 Å². The highest BCUT2D eigenvalue weighted by molar-refractivity contribution is 7.22. The van der Waals surface area contributed by atoms with Crippen LogP contribution >= 0.6 is 11.3 Å². The Morgan fingerprint density at radius 3 is 2.47 bits per heavy atom. The van der Waals surface area contributed by atoms with Crippen LogP contribution in [0, 0.1) is 5.82 Å². The summed E-state index contributed by atoms with van der Waals surface area (Å²) in [5, 5.41) is 6.09. The smallest absolute Gasteiger partial charge is 0.434 e. The van der Waals surface area contributed by atoms with Gasteiger partial charge in [0.15, 0.2) is 17.3 Å². The van der Waals surface area contributed by atoms with E-state index in [2.05, 4.69) is 20.4 Å². The summed E-state index contributed by atoms with van der Waals surface area (Å²) in [4.78, 5) is 36.7. The maximum Gasteiger partial charge on any atom is 0.434 e. The summed E-state index contributed by atoms with van der Waals surface area (Å²) in [5.74, 6) is -2.07. The predicted octanol–water partition coefficient (Wildman–Crippen LogP) is 7.46. The zero-order valence-corrected chi connectivity index (χ0v) is 26.7. The number of aromatic nitrogens is 4. The van der Waals surface area contributed by atoms with Gasteiger partial charge in [0.05, 0.1) is 50.4 Å². The molecule has 49 heavy (non-hydrogen) atoms. The zero-order valence-electron chi connectivity index (χ0n) is 25.9. The van der Waals surface area contributed by atoms with Gasteiger partial charge >= 0.3 is 6.18 Å². The number of alkyl halides is 3. The molecule has 0 spiro atoms. The number of nitrogens with one attached hydrogen (secondary N) is 1. The maximum absolute atomic E-state index is 15.2. The molecule has 2 aromatic carbocycles. The lowest BCUT2D eigenvalue weighted by molar-refractivity contribution is -0.143. The number of nitrogens with zero attached hydrogens (tertiary/aromatic N) is 5. The first kappa shape index (κ1) is 33.2. The Labute approximate surface area is 280 Å². The number of carbonyl (C=O) groups excluding carboxylic acids is 2. The second-order valence-corrected chi connectivity index (χ2v) is 11.7. The van der Waals surface area contributed by atoms with E-state index in [1.165, 1.54) is 52.9 Å². The summed E-state index contributed by atoms with van der Waals surface area (Å²) in [6.45, 7) is 0.844. The van der Waals surface area contributed by atoms with Crippen molar-refractivity contribution in [2.75, 3.05) is 32.6 Å². The summed E-state index contributed by atoms with van der Waals surface area (Å²) >= 11 is 1.31. The number of thiophene rings is 1. The number of hydrogen-bond acceptors (Lipinski definition) is 8. The van der Waals surface area contributed by atoms with Crippen LogP contribution in [0.5, 0.6) is 11.5 Å². The third-order valence-electron chi connectivity index (χ3n) is 7.31. The summed E-state index contributed by atoms with van der Waals surface area (Å²) < 4.78 is 69.5. The first-order valence-corrected chi connectivity index (χ1v) is 15.4. The minimum atomic E-state index is -4.90. The minimum absolute atomic E-state index is 0.0911. The van der Waals surface area contributed by atoms with Crippen molar-refractivity contribution in [2.24, 2.45) is 0 Å². The Bertz CT molecular complexity index is 2130. The molecule has 0 unspecified atom stereocenters. The van der Waals surface area contributed by atoms with Crippen LogP contribution in [0.3, 0.4) is 0 Å². The number of amides is 2. The molecule has 6 aromatic rings. The molecule has 0 fully saturated rings. The number of rotatable bonds is 10. The SMILES string of the molecule is COCCN(C)C(=O)c1ccc(-c2cc3nccc(Oc4ccc(NC(=O)c5cnn(-c6ccccc6)c5C(F)(F)F)cc4F)c3s2)nc1. The molecule has 0 aliphatic heterocycles. The fourth-order valence-corrected chi connectivity index (χ4v) is 5.91. The monoisotopic (exact) mass is 690 g/mol. The molecule has 0 radical (unpaired) electrons. The summed E-state index contributed by atoms with van der Waals surface area (Å²) in [6.07, 6.45) is -1.10. The van der Waals surface area contributed by atoms with Gasteiger partial charge in [0.2, 0.25) is 0 Å². The van der Waals surface area contributed by atoms with Gasteiger partial charge in [-0.25, -0.2) is 9.07 Å². The van der Waals surface area contributed by atoms with Gasteiger partial charge in [0.25, 0.3) is 11.8 Å².